The summed E-state index contributed by atoms with van der Waals surface area (Å²) in [6, 6.07) is 15.3. The molecule has 4 N–H and O–H groups in total. The van der Waals surface area contributed by atoms with E-state index in [1.165, 1.54) is 0 Å². The largest absolute Gasteiger partial charge is 0.339 e. The summed E-state index contributed by atoms with van der Waals surface area (Å²) >= 11 is 0. The zero-order valence-corrected chi connectivity index (χ0v) is 17.3. The van der Waals surface area contributed by atoms with Gasteiger partial charge in [-0.1, -0.05) is 37.5 Å². The molecule has 0 saturated heterocycles. The molecule has 0 bridgehead atoms. The Morgan fingerprint density at radius 3 is 2.03 bits per heavy atom. The summed E-state index contributed by atoms with van der Waals surface area (Å²) in [4.78, 5) is 29.8. The SMILES string of the molecule is C.CC(C)(C)ONC(=O)[C@H](CN)NC(=O)c1ccc(C#CC#Cc2ccccc2)cc1. The van der Waals surface area contributed by atoms with Gasteiger partial charge in [0.15, 0.2) is 0 Å². The quantitative estimate of drug-likeness (QED) is 0.513. The molecule has 2 aromatic carbocycles. The molecule has 0 fully saturated rings. The number of nitrogens with one attached hydrogen (secondary N) is 2. The zero-order valence-electron chi connectivity index (χ0n) is 17.3. The topological polar surface area (TPSA) is 93.4 Å². The number of hydrogen-bond donors (Lipinski definition) is 3. The first kappa shape index (κ1) is 25.5. The molecule has 0 unspecified atom stereocenters. The highest BCUT2D eigenvalue weighted by molar-refractivity contribution is 5.97. The summed E-state index contributed by atoms with van der Waals surface area (Å²) in [6.07, 6.45) is 0. The third kappa shape index (κ3) is 9.18. The standard InChI is InChI=1S/C24H25N3O3.CH4/c1-24(2,3)30-27-23(29)21(17-25)26-22(28)20-15-13-19(14-16-20)12-8-7-11-18-9-5-4-6-10-18;/h4-6,9-10,13-16,21H,17,25H2,1-3H3,(H,26,28)(H,27,29);1H4/t21-;/m0./s1. The molecule has 2 rings (SSSR count). The van der Waals surface area contributed by atoms with E-state index in [9.17, 15) is 9.59 Å². The van der Waals surface area contributed by atoms with Crippen LogP contribution in [0.3, 0.4) is 0 Å². The van der Waals surface area contributed by atoms with Gasteiger partial charge in [-0.05, 0) is 69.0 Å². The number of rotatable bonds is 5. The summed E-state index contributed by atoms with van der Waals surface area (Å²) in [7, 11) is 0. The monoisotopic (exact) mass is 419 g/mol. The molecule has 0 saturated carbocycles. The number of carbonyl (C=O) groups is 2. The summed E-state index contributed by atoms with van der Waals surface area (Å²) in [6.45, 7) is 5.32. The van der Waals surface area contributed by atoms with E-state index in [1.54, 1.807) is 45.0 Å². The van der Waals surface area contributed by atoms with Crippen LogP contribution in [-0.4, -0.2) is 30.0 Å². The number of hydroxylamine groups is 1. The molecule has 0 aliphatic carbocycles. The van der Waals surface area contributed by atoms with Gasteiger partial charge < -0.3 is 11.1 Å². The second kappa shape index (κ2) is 12.2. The Morgan fingerprint density at radius 1 is 0.968 bits per heavy atom. The van der Waals surface area contributed by atoms with Gasteiger partial charge in [-0.2, -0.15) is 0 Å². The van der Waals surface area contributed by atoms with Gasteiger partial charge in [0.2, 0.25) is 0 Å². The number of benzene rings is 2. The zero-order chi connectivity index (χ0) is 22.0. The van der Waals surface area contributed by atoms with Crippen molar-refractivity contribution in [3.05, 3.63) is 71.3 Å². The maximum atomic E-state index is 12.4. The molecule has 31 heavy (non-hydrogen) atoms. The van der Waals surface area contributed by atoms with Crippen molar-refractivity contribution in [2.75, 3.05) is 6.54 Å². The molecule has 2 amide bonds. The van der Waals surface area contributed by atoms with E-state index < -0.39 is 23.5 Å². The van der Waals surface area contributed by atoms with E-state index in [1.807, 2.05) is 30.3 Å². The second-order valence-electron chi connectivity index (χ2n) is 7.39. The second-order valence-corrected chi connectivity index (χ2v) is 7.39. The highest BCUT2D eigenvalue weighted by Crippen LogP contribution is 2.05. The van der Waals surface area contributed by atoms with Crippen LogP contribution in [0.25, 0.3) is 0 Å². The van der Waals surface area contributed by atoms with Crippen molar-refractivity contribution >= 4 is 11.8 Å². The highest BCUT2D eigenvalue weighted by Gasteiger charge is 2.22. The van der Waals surface area contributed by atoms with Crippen LogP contribution in [0.15, 0.2) is 54.6 Å². The molecule has 0 radical (unpaired) electrons. The maximum absolute atomic E-state index is 12.4. The van der Waals surface area contributed by atoms with Crippen molar-refractivity contribution in [2.24, 2.45) is 5.73 Å². The van der Waals surface area contributed by atoms with Crippen LogP contribution in [0.4, 0.5) is 0 Å². The molecule has 6 nitrogen and oxygen atoms in total. The van der Waals surface area contributed by atoms with Gasteiger partial charge >= 0.3 is 0 Å². The van der Waals surface area contributed by atoms with E-state index in [-0.39, 0.29) is 14.0 Å². The fourth-order valence-corrected chi connectivity index (χ4v) is 2.18. The predicted molar refractivity (Wildman–Crippen MR) is 123 cm³/mol. The first-order valence-electron chi connectivity index (χ1n) is 9.44. The van der Waals surface area contributed by atoms with Gasteiger partial charge in [0.25, 0.3) is 11.8 Å². The van der Waals surface area contributed by atoms with Crippen LogP contribution in [0.1, 0.15) is 49.7 Å². The Morgan fingerprint density at radius 2 is 1.52 bits per heavy atom. The van der Waals surface area contributed by atoms with Crippen molar-refractivity contribution < 1.29 is 14.4 Å². The van der Waals surface area contributed by atoms with Crippen molar-refractivity contribution in [2.45, 2.75) is 39.8 Å². The fourth-order valence-electron chi connectivity index (χ4n) is 2.18. The molecule has 162 valence electrons. The van der Waals surface area contributed by atoms with Crippen LogP contribution < -0.4 is 16.5 Å². The number of carbonyl (C=O) groups excluding carboxylic acids is 2. The molecular formula is C25H29N3O3. The molecule has 0 aliphatic rings. The first-order chi connectivity index (χ1) is 14.3. The minimum atomic E-state index is -0.910. The molecule has 6 heteroatoms. The Bertz CT molecular complexity index is 986. The Labute approximate surface area is 184 Å². The molecule has 0 aliphatic heterocycles. The van der Waals surface area contributed by atoms with Crippen LogP contribution >= 0.6 is 0 Å². The Balaban J connectivity index is 0.00000480. The van der Waals surface area contributed by atoms with Gasteiger partial charge in [-0.3, -0.25) is 14.4 Å². The van der Waals surface area contributed by atoms with E-state index in [4.69, 9.17) is 10.6 Å². The number of hydrogen-bond acceptors (Lipinski definition) is 4. The first-order valence-corrected chi connectivity index (χ1v) is 9.44. The summed E-state index contributed by atoms with van der Waals surface area (Å²) in [5, 5.41) is 2.59. The minimum Gasteiger partial charge on any atom is -0.339 e. The molecule has 2 aromatic rings. The third-order valence-corrected chi connectivity index (χ3v) is 3.71. The van der Waals surface area contributed by atoms with E-state index in [2.05, 4.69) is 34.5 Å². The van der Waals surface area contributed by atoms with Gasteiger partial charge in [0.1, 0.15) is 6.04 Å². The Hall–Kier alpha value is -3.58. The van der Waals surface area contributed by atoms with E-state index in [0.717, 1.165) is 11.1 Å². The van der Waals surface area contributed by atoms with Crippen LogP contribution in [-0.2, 0) is 9.63 Å². The third-order valence-electron chi connectivity index (χ3n) is 3.71. The Kier molecular flexibility index (Phi) is 10.0. The maximum Gasteiger partial charge on any atom is 0.267 e. The van der Waals surface area contributed by atoms with Gasteiger partial charge in [0, 0.05) is 23.2 Å². The highest BCUT2D eigenvalue weighted by atomic mass is 16.7. The van der Waals surface area contributed by atoms with E-state index >= 15 is 0 Å². The van der Waals surface area contributed by atoms with Crippen molar-refractivity contribution in [1.29, 1.82) is 0 Å². The molecular weight excluding hydrogens is 390 g/mol. The van der Waals surface area contributed by atoms with Crippen molar-refractivity contribution in [1.82, 2.24) is 10.8 Å². The van der Waals surface area contributed by atoms with Gasteiger partial charge in [0.05, 0.1) is 5.60 Å². The molecule has 0 heterocycles. The van der Waals surface area contributed by atoms with E-state index in [0.29, 0.717) is 5.56 Å². The van der Waals surface area contributed by atoms with Gasteiger partial charge in [-0.15, -0.1) is 0 Å². The van der Waals surface area contributed by atoms with Crippen LogP contribution in [0.5, 0.6) is 0 Å². The molecule has 0 spiro atoms. The van der Waals surface area contributed by atoms with Crippen molar-refractivity contribution in [3.8, 4) is 23.7 Å². The molecule has 0 aromatic heterocycles. The lowest BCUT2D eigenvalue weighted by atomic mass is 10.1. The smallest absolute Gasteiger partial charge is 0.267 e. The lowest BCUT2D eigenvalue weighted by Crippen LogP contribution is -2.51. The molecule has 1 atom stereocenters. The number of nitrogens with two attached hydrogens (primary N) is 1. The predicted octanol–water partition coefficient (Wildman–Crippen LogP) is 2.63. The van der Waals surface area contributed by atoms with Crippen LogP contribution in [0.2, 0.25) is 0 Å². The lowest BCUT2D eigenvalue weighted by Gasteiger charge is -2.22. The number of amides is 2. The normalized spacial score (nSPS) is 10.8. The lowest BCUT2D eigenvalue weighted by molar-refractivity contribution is -0.147. The average molecular weight is 420 g/mol. The van der Waals surface area contributed by atoms with Crippen molar-refractivity contribution in [3.63, 3.8) is 0 Å². The average Bonchev–Trinajstić information content (AvgIpc) is 2.74. The summed E-state index contributed by atoms with van der Waals surface area (Å²) < 4.78 is 0. The summed E-state index contributed by atoms with van der Waals surface area (Å²) in [5.41, 5.74) is 9.38. The van der Waals surface area contributed by atoms with Gasteiger partial charge in [-0.25, -0.2) is 5.48 Å². The minimum absolute atomic E-state index is 0. The fraction of sp³-hybridized carbons (Fsp3) is 0.280. The van der Waals surface area contributed by atoms with Crippen LogP contribution in [0, 0.1) is 23.7 Å². The summed E-state index contributed by atoms with van der Waals surface area (Å²) in [5.74, 6) is 10.5.